The van der Waals surface area contributed by atoms with Crippen molar-refractivity contribution in [3.05, 3.63) is 0 Å². The summed E-state index contributed by atoms with van der Waals surface area (Å²) in [6.07, 6.45) is 6.45. The average Bonchev–Trinajstić information content (AvgIpc) is 2.99. The highest BCUT2D eigenvalue weighted by molar-refractivity contribution is 4.85. The summed E-state index contributed by atoms with van der Waals surface area (Å²) in [5.41, 5.74) is 0. The first-order valence-electron chi connectivity index (χ1n) is 7.86. The maximum Gasteiger partial charge on any atom is 0.168 e. The van der Waals surface area contributed by atoms with Gasteiger partial charge in [0.1, 0.15) is 6.23 Å². The summed E-state index contributed by atoms with van der Waals surface area (Å²) in [6.45, 7) is 8.01. The average molecular weight is 269 g/mol. The molecule has 4 nitrogen and oxygen atoms in total. The minimum absolute atomic E-state index is 0.223. The van der Waals surface area contributed by atoms with Gasteiger partial charge in [0.25, 0.3) is 0 Å². The van der Waals surface area contributed by atoms with Crippen LogP contribution in [0.5, 0.6) is 0 Å². The second-order valence-corrected chi connectivity index (χ2v) is 6.52. The molecule has 19 heavy (non-hydrogen) atoms. The highest BCUT2D eigenvalue weighted by Gasteiger charge is 2.43. The summed E-state index contributed by atoms with van der Waals surface area (Å²) >= 11 is 0. The van der Waals surface area contributed by atoms with Crippen LogP contribution >= 0.6 is 0 Å². The van der Waals surface area contributed by atoms with Crippen LogP contribution in [0.4, 0.5) is 0 Å². The molecule has 3 rings (SSSR count). The quantitative estimate of drug-likeness (QED) is 0.787. The van der Waals surface area contributed by atoms with Crippen LogP contribution in [0.3, 0.4) is 0 Å². The molecular formula is C15H27NO3. The van der Waals surface area contributed by atoms with Gasteiger partial charge in [0.05, 0.1) is 19.3 Å². The fourth-order valence-corrected chi connectivity index (χ4v) is 3.65. The van der Waals surface area contributed by atoms with E-state index in [0.717, 1.165) is 39.1 Å². The lowest BCUT2D eigenvalue weighted by Gasteiger charge is -2.33. The predicted molar refractivity (Wildman–Crippen MR) is 72.8 cm³/mol. The maximum absolute atomic E-state index is 6.26. The number of hydrogen-bond acceptors (Lipinski definition) is 4. The molecule has 0 amide bonds. The summed E-state index contributed by atoms with van der Waals surface area (Å²) in [7, 11) is 0. The predicted octanol–water partition coefficient (Wildman–Crippen LogP) is 2.38. The monoisotopic (exact) mass is 269 g/mol. The molecule has 1 spiro atoms. The lowest BCUT2D eigenvalue weighted by molar-refractivity contribution is -0.189. The van der Waals surface area contributed by atoms with Crippen LogP contribution in [-0.4, -0.2) is 49.3 Å². The molecule has 2 aliphatic heterocycles. The largest absolute Gasteiger partial charge is 0.362 e. The van der Waals surface area contributed by atoms with Crippen molar-refractivity contribution in [2.75, 3.05) is 26.3 Å². The molecule has 3 aliphatic rings. The summed E-state index contributed by atoms with van der Waals surface area (Å²) < 4.78 is 18.1. The van der Waals surface area contributed by atoms with Gasteiger partial charge < -0.3 is 14.2 Å². The molecule has 2 heterocycles. The third-order valence-electron chi connectivity index (χ3n) is 4.56. The van der Waals surface area contributed by atoms with Crippen molar-refractivity contribution in [3.8, 4) is 0 Å². The zero-order chi connectivity index (χ0) is 13.3. The standard InChI is InChI=1S/C15H27NO3/c1-12(2)14-16(8-9-17-14)10-13-11-18-15(19-13)6-4-3-5-7-15/h12-14H,3-11H2,1-2H3. The third kappa shape index (κ3) is 2.97. The highest BCUT2D eigenvalue weighted by Crippen LogP contribution is 2.38. The van der Waals surface area contributed by atoms with Crippen LogP contribution in [0.25, 0.3) is 0 Å². The van der Waals surface area contributed by atoms with Gasteiger partial charge in [-0.05, 0) is 18.8 Å². The lowest BCUT2D eigenvalue weighted by atomic mass is 9.94. The molecule has 0 radical (unpaired) electrons. The first-order valence-corrected chi connectivity index (χ1v) is 7.86. The zero-order valence-electron chi connectivity index (χ0n) is 12.3. The van der Waals surface area contributed by atoms with Crippen molar-refractivity contribution < 1.29 is 14.2 Å². The van der Waals surface area contributed by atoms with Crippen molar-refractivity contribution >= 4 is 0 Å². The number of hydrogen-bond donors (Lipinski definition) is 0. The van der Waals surface area contributed by atoms with E-state index in [4.69, 9.17) is 14.2 Å². The van der Waals surface area contributed by atoms with Crippen LogP contribution in [-0.2, 0) is 14.2 Å². The van der Waals surface area contributed by atoms with Gasteiger partial charge in [0.15, 0.2) is 5.79 Å². The Morgan fingerprint density at radius 1 is 1.21 bits per heavy atom. The van der Waals surface area contributed by atoms with E-state index < -0.39 is 0 Å². The third-order valence-corrected chi connectivity index (χ3v) is 4.56. The van der Waals surface area contributed by atoms with E-state index in [1.807, 2.05) is 0 Å². The van der Waals surface area contributed by atoms with E-state index in [2.05, 4.69) is 18.7 Å². The van der Waals surface area contributed by atoms with Crippen molar-refractivity contribution in [3.63, 3.8) is 0 Å². The van der Waals surface area contributed by atoms with Gasteiger partial charge in [-0.2, -0.15) is 0 Å². The molecule has 3 fully saturated rings. The number of nitrogens with zero attached hydrogens (tertiary/aromatic N) is 1. The smallest absolute Gasteiger partial charge is 0.168 e. The Hall–Kier alpha value is -0.160. The first-order chi connectivity index (χ1) is 9.19. The van der Waals surface area contributed by atoms with Gasteiger partial charge in [-0.25, -0.2) is 0 Å². The van der Waals surface area contributed by atoms with Gasteiger partial charge >= 0.3 is 0 Å². The van der Waals surface area contributed by atoms with Crippen molar-refractivity contribution in [2.45, 2.75) is 64.1 Å². The van der Waals surface area contributed by atoms with E-state index in [1.54, 1.807) is 0 Å². The Morgan fingerprint density at radius 3 is 2.74 bits per heavy atom. The van der Waals surface area contributed by atoms with Gasteiger partial charge in [-0.15, -0.1) is 0 Å². The second kappa shape index (κ2) is 5.68. The van der Waals surface area contributed by atoms with Crippen molar-refractivity contribution in [1.29, 1.82) is 0 Å². The molecule has 2 saturated heterocycles. The molecule has 1 aliphatic carbocycles. The van der Waals surface area contributed by atoms with Gasteiger partial charge in [-0.3, -0.25) is 4.90 Å². The molecule has 0 aromatic heterocycles. The normalized spacial score (nSPS) is 35.5. The SMILES string of the molecule is CC(C)C1OCCN1CC1COC2(CCCCC2)O1. The second-order valence-electron chi connectivity index (χ2n) is 6.52. The first kappa shape index (κ1) is 13.8. The molecule has 110 valence electrons. The highest BCUT2D eigenvalue weighted by atomic mass is 16.7. The topological polar surface area (TPSA) is 30.9 Å². The van der Waals surface area contributed by atoms with Crippen LogP contribution in [0, 0.1) is 5.92 Å². The zero-order valence-corrected chi connectivity index (χ0v) is 12.3. The van der Waals surface area contributed by atoms with E-state index in [1.165, 1.54) is 19.3 Å². The number of rotatable bonds is 3. The van der Waals surface area contributed by atoms with E-state index >= 15 is 0 Å². The van der Waals surface area contributed by atoms with E-state index in [0.29, 0.717) is 5.92 Å². The molecule has 0 aromatic carbocycles. The Labute approximate surface area is 116 Å². The van der Waals surface area contributed by atoms with E-state index in [9.17, 15) is 0 Å². The Balaban J connectivity index is 1.54. The fraction of sp³-hybridized carbons (Fsp3) is 1.00. The summed E-state index contributed by atoms with van der Waals surface area (Å²) in [5.74, 6) is 0.296. The van der Waals surface area contributed by atoms with Gasteiger partial charge in [0, 0.05) is 25.9 Å². The molecule has 0 aromatic rings. The van der Waals surface area contributed by atoms with Crippen molar-refractivity contribution in [1.82, 2.24) is 4.90 Å². The summed E-state index contributed by atoms with van der Waals surface area (Å²) in [6, 6.07) is 0. The van der Waals surface area contributed by atoms with Crippen LogP contribution < -0.4 is 0 Å². The molecule has 0 bridgehead atoms. The molecular weight excluding hydrogens is 242 g/mol. The fourth-order valence-electron chi connectivity index (χ4n) is 3.65. The summed E-state index contributed by atoms with van der Waals surface area (Å²) in [5, 5.41) is 0. The van der Waals surface area contributed by atoms with Gasteiger partial charge in [-0.1, -0.05) is 20.3 Å². The molecule has 1 saturated carbocycles. The minimum atomic E-state index is -0.239. The van der Waals surface area contributed by atoms with Gasteiger partial charge in [0.2, 0.25) is 0 Å². The molecule has 2 unspecified atom stereocenters. The Morgan fingerprint density at radius 2 is 2.00 bits per heavy atom. The summed E-state index contributed by atoms with van der Waals surface area (Å²) in [4.78, 5) is 2.42. The van der Waals surface area contributed by atoms with Crippen LogP contribution in [0.15, 0.2) is 0 Å². The van der Waals surface area contributed by atoms with Crippen molar-refractivity contribution in [2.24, 2.45) is 5.92 Å². The molecule has 4 heteroatoms. The maximum atomic E-state index is 6.26. The van der Waals surface area contributed by atoms with E-state index in [-0.39, 0.29) is 18.1 Å². The minimum Gasteiger partial charge on any atom is -0.362 e. The lowest BCUT2D eigenvalue weighted by Crippen LogP contribution is -2.41. The Kier molecular flexibility index (Phi) is 4.13. The van der Waals surface area contributed by atoms with Crippen LogP contribution in [0.2, 0.25) is 0 Å². The molecule has 0 N–H and O–H groups in total. The Bertz CT molecular complexity index is 302. The number of ether oxygens (including phenoxy) is 3. The van der Waals surface area contributed by atoms with Crippen LogP contribution in [0.1, 0.15) is 46.0 Å². The molecule has 2 atom stereocenters.